The molecule has 0 aliphatic carbocycles. The molecule has 1 atom stereocenters. The Morgan fingerprint density at radius 2 is 2.24 bits per heavy atom. The zero-order valence-corrected chi connectivity index (χ0v) is 11.8. The Balaban J connectivity index is 1.62. The van der Waals surface area contributed by atoms with Crippen molar-refractivity contribution < 1.29 is 9.32 Å². The standard InChI is InChI=1S/C14H17N5O2/c1-10-8-12(21-18-10)13(20)17-11-4-2-7-19(9-11)14-15-5-3-6-16-14/h3,5-6,8,11H,2,4,7,9H2,1H3,(H,17,20)/t11-/m1/s1. The van der Waals surface area contributed by atoms with Crippen LogP contribution in [0.1, 0.15) is 29.1 Å². The van der Waals surface area contributed by atoms with Crippen molar-refractivity contribution >= 4 is 11.9 Å². The van der Waals surface area contributed by atoms with Crippen LogP contribution in [0.15, 0.2) is 29.0 Å². The first-order valence-corrected chi connectivity index (χ1v) is 6.98. The van der Waals surface area contributed by atoms with Gasteiger partial charge in [-0.3, -0.25) is 4.79 Å². The Kier molecular flexibility index (Phi) is 3.81. The molecule has 0 aromatic carbocycles. The number of nitrogens with one attached hydrogen (secondary N) is 1. The van der Waals surface area contributed by atoms with E-state index in [-0.39, 0.29) is 17.7 Å². The van der Waals surface area contributed by atoms with Crippen LogP contribution >= 0.6 is 0 Å². The Hall–Kier alpha value is -2.44. The Morgan fingerprint density at radius 1 is 1.43 bits per heavy atom. The summed E-state index contributed by atoms with van der Waals surface area (Å²) in [6.45, 7) is 3.38. The SMILES string of the molecule is Cc1cc(C(=O)N[C@@H]2CCCN(c3ncccn3)C2)on1. The predicted molar refractivity (Wildman–Crippen MR) is 76.0 cm³/mol. The molecule has 0 spiro atoms. The summed E-state index contributed by atoms with van der Waals surface area (Å²) in [4.78, 5) is 22.7. The first-order chi connectivity index (χ1) is 10.2. The molecule has 0 unspecified atom stereocenters. The topological polar surface area (TPSA) is 84.2 Å². The molecule has 2 aromatic heterocycles. The van der Waals surface area contributed by atoms with Gasteiger partial charge in [0.2, 0.25) is 11.7 Å². The van der Waals surface area contributed by atoms with Crippen molar-refractivity contribution in [3.63, 3.8) is 0 Å². The maximum absolute atomic E-state index is 12.1. The van der Waals surface area contributed by atoms with Crippen LogP contribution in [0, 0.1) is 6.92 Å². The van der Waals surface area contributed by atoms with Crippen LogP contribution in [0.25, 0.3) is 0 Å². The van der Waals surface area contributed by atoms with E-state index in [1.807, 2.05) is 0 Å². The van der Waals surface area contributed by atoms with Crippen LogP contribution in [0.5, 0.6) is 0 Å². The molecule has 21 heavy (non-hydrogen) atoms. The minimum Gasteiger partial charge on any atom is -0.351 e. The van der Waals surface area contributed by atoms with Crippen molar-refractivity contribution in [3.8, 4) is 0 Å². The lowest BCUT2D eigenvalue weighted by atomic mass is 10.1. The molecule has 3 rings (SSSR count). The lowest BCUT2D eigenvalue weighted by Crippen LogP contribution is -2.48. The van der Waals surface area contributed by atoms with Gasteiger partial charge in [-0.2, -0.15) is 0 Å². The van der Waals surface area contributed by atoms with Crippen LogP contribution in [0.2, 0.25) is 0 Å². The minimum atomic E-state index is -0.226. The number of carbonyl (C=O) groups is 1. The number of aryl methyl sites for hydroxylation is 1. The van der Waals surface area contributed by atoms with Crippen molar-refractivity contribution in [2.75, 3.05) is 18.0 Å². The summed E-state index contributed by atoms with van der Waals surface area (Å²) in [6.07, 6.45) is 5.37. The van der Waals surface area contributed by atoms with Crippen molar-refractivity contribution in [2.45, 2.75) is 25.8 Å². The average molecular weight is 287 g/mol. The number of anilines is 1. The van der Waals surface area contributed by atoms with Gasteiger partial charge in [0.05, 0.1) is 5.69 Å². The number of amides is 1. The van der Waals surface area contributed by atoms with Crippen molar-refractivity contribution in [3.05, 3.63) is 36.0 Å². The van der Waals surface area contributed by atoms with Crippen LogP contribution in [0.3, 0.4) is 0 Å². The summed E-state index contributed by atoms with van der Waals surface area (Å²) in [5.41, 5.74) is 0.697. The van der Waals surface area contributed by atoms with Crippen LogP contribution in [0.4, 0.5) is 5.95 Å². The molecular weight excluding hydrogens is 270 g/mol. The molecule has 7 nitrogen and oxygen atoms in total. The highest BCUT2D eigenvalue weighted by Gasteiger charge is 2.24. The normalized spacial score (nSPS) is 18.5. The van der Waals surface area contributed by atoms with Gasteiger partial charge in [0.25, 0.3) is 5.91 Å². The van der Waals surface area contributed by atoms with Gasteiger partial charge in [0.1, 0.15) is 0 Å². The van der Waals surface area contributed by atoms with E-state index in [1.165, 1.54) is 0 Å². The average Bonchev–Trinajstić information content (AvgIpc) is 2.95. The summed E-state index contributed by atoms with van der Waals surface area (Å²) in [5.74, 6) is 0.726. The molecule has 1 aliphatic rings. The third-order valence-electron chi connectivity index (χ3n) is 3.44. The van der Waals surface area contributed by atoms with Gasteiger partial charge in [-0.05, 0) is 25.8 Å². The van der Waals surface area contributed by atoms with Gasteiger partial charge < -0.3 is 14.7 Å². The molecule has 0 bridgehead atoms. The van der Waals surface area contributed by atoms with E-state index in [2.05, 4.69) is 25.3 Å². The number of nitrogens with zero attached hydrogens (tertiary/aromatic N) is 4. The zero-order chi connectivity index (χ0) is 14.7. The summed E-state index contributed by atoms with van der Waals surface area (Å²) in [6, 6.07) is 3.48. The van der Waals surface area contributed by atoms with Crippen molar-refractivity contribution in [1.82, 2.24) is 20.4 Å². The Bertz CT molecular complexity index is 613. The van der Waals surface area contributed by atoms with Crippen LogP contribution in [-0.4, -0.2) is 40.2 Å². The van der Waals surface area contributed by atoms with E-state index in [9.17, 15) is 4.79 Å². The maximum Gasteiger partial charge on any atom is 0.290 e. The summed E-state index contributed by atoms with van der Waals surface area (Å²) >= 11 is 0. The summed E-state index contributed by atoms with van der Waals surface area (Å²) in [5, 5.41) is 6.71. The van der Waals surface area contributed by atoms with E-state index in [0.29, 0.717) is 18.2 Å². The Morgan fingerprint density at radius 3 is 2.95 bits per heavy atom. The minimum absolute atomic E-state index is 0.0560. The summed E-state index contributed by atoms with van der Waals surface area (Å²) in [7, 11) is 0. The smallest absolute Gasteiger partial charge is 0.290 e. The molecule has 1 aliphatic heterocycles. The number of carbonyl (C=O) groups excluding carboxylic acids is 1. The fourth-order valence-corrected chi connectivity index (χ4v) is 2.46. The van der Waals surface area contributed by atoms with Gasteiger partial charge >= 0.3 is 0 Å². The third kappa shape index (κ3) is 3.18. The summed E-state index contributed by atoms with van der Waals surface area (Å²) < 4.78 is 4.98. The van der Waals surface area contributed by atoms with Gasteiger partial charge in [0.15, 0.2) is 0 Å². The number of rotatable bonds is 3. The lowest BCUT2D eigenvalue weighted by Gasteiger charge is -2.32. The molecule has 0 radical (unpaired) electrons. The fraction of sp³-hybridized carbons (Fsp3) is 0.429. The second-order valence-corrected chi connectivity index (χ2v) is 5.14. The van der Waals surface area contributed by atoms with E-state index in [1.54, 1.807) is 31.5 Å². The zero-order valence-electron chi connectivity index (χ0n) is 11.8. The van der Waals surface area contributed by atoms with Crippen molar-refractivity contribution in [1.29, 1.82) is 0 Å². The van der Waals surface area contributed by atoms with E-state index >= 15 is 0 Å². The molecule has 0 saturated carbocycles. The van der Waals surface area contributed by atoms with Crippen LogP contribution < -0.4 is 10.2 Å². The van der Waals surface area contributed by atoms with E-state index < -0.39 is 0 Å². The highest BCUT2D eigenvalue weighted by atomic mass is 16.5. The second-order valence-electron chi connectivity index (χ2n) is 5.14. The number of piperidine rings is 1. The van der Waals surface area contributed by atoms with E-state index in [0.717, 1.165) is 19.4 Å². The van der Waals surface area contributed by atoms with Crippen LogP contribution in [-0.2, 0) is 0 Å². The predicted octanol–water partition coefficient (Wildman–Crippen LogP) is 1.17. The highest BCUT2D eigenvalue weighted by molar-refractivity contribution is 5.91. The number of hydrogen-bond donors (Lipinski definition) is 1. The Labute approximate surface area is 122 Å². The first-order valence-electron chi connectivity index (χ1n) is 6.98. The molecule has 3 heterocycles. The number of hydrogen-bond acceptors (Lipinski definition) is 6. The quantitative estimate of drug-likeness (QED) is 0.912. The highest BCUT2D eigenvalue weighted by Crippen LogP contribution is 2.15. The van der Waals surface area contributed by atoms with Gasteiger partial charge in [-0.25, -0.2) is 9.97 Å². The fourth-order valence-electron chi connectivity index (χ4n) is 2.46. The van der Waals surface area contributed by atoms with Crippen molar-refractivity contribution in [2.24, 2.45) is 0 Å². The monoisotopic (exact) mass is 287 g/mol. The number of aromatic nitrogens is 3. The first kappa shape index (κ1) is 13.5. The van der Waals surface area contributed by atoms with Gasteiger partial charge in [-0.15, -0.1) is 0 Å². The van der Waals surface area contributed by atoms with E-state index in [4.69, 9.17) is 4.52 Å². The van der Waals surface area contributed by atoms with Gasteiger partial charge in [0, 0.05) is 37.6 Å². The molecule has 110 valence electrons. The third-order valence-corrected chi connectivity index (χ3v) is 3.44. The molecule has 1 N–H and O–H groups in total. The maximum atomic E-state index is 12.1. The molecule has 7 heteroatoms. The second kappa shape index (κ2) is 5.90. The molecular formula is C14H17N5O2. The van der Waals surface area contributed by atoms with Gasteiger partial charge in [-0.1, -0.05) is 5.16 Å². The molecule has 1 amide bonds. The molecule has 2 aromatic rings. The largest absolute Gasteiger partial charge is 0.351 e. The molecule has 1 saturated heterocycles. The molecule has 1 fully saturated rings. The lowest BCUT2D eigenvalue weighted by molar-refractivity contribution is 0.0895.